The van der Waals surface area contributed by atoms with E-state index in [4.69, 9.17) is 0 Å². The fourth-order valence-corrected chi connectivity index (χ4v) is 4.71. The van der Waals surface area contributed by atoms with Crippen molar-refractivity contribution in [3.8, 4) is 0 Å². The largest absolute Gasteiger partial charge is 0.314 e. The number of piperidine rings is 1. The van der Waals surface area contributed by atoms with E-state index in [1.807, 2.05) is 20.9 Å². The Labute approximate surface area is 168 Å². The van der Waals surface area contributed by atoms with Crippen LogP contribution in [0.25, 0.3) is 0 Å². The molecule has 0 radical (unpaired) electrons. The summed E-state index contributed by atoms with van der Waals surface area (Å²) in [5.74, 6) is 0.174. The first-order valence-corrected chi connectivity index (χ1v) is 10.3. The molecule has 4 heteroatoms. The Morgan fingerprint density at radius 2 is 1.96 bits per heavy atom. The van der Waals surface area contributed by atoms with Crippen LogP contribution in [0.1, 0.15) is 55.0 Å². The van der Waals surface area contributed by atoms with Crippen LogP contribution in [0.4, 0.5) is 5.69 Å². The summed E-state index contributed by atoms with van der Waals surface area (Å²) in [5.41, 5.74) is 5.61. The molecule has 148 valence electrons. The SMILES string of the molecule is Cc1cc2c(cc1CNC1CCCN[C@H]1c1ccccc1)C(C)(C)C(=O)N2C. The molecular formula is C24H31N3O. The summed E-state index contributed by atoms with van der Waals surface area (Å²) in [7, 11) is 1.88. The third-order valence-electron chi connectivity index (χ3n) is 6.50. The van der Waals surface area contributed by atoms with E-state index < -0.39 is 5.41 Å². The highest BCUT2D eigenvalue weighted by molar-refractivity contribution is 6.07. The van der Waals surface area contributed by atoms with Crippen LogP contribution in [-0.2, 0) is 16.8 Å². The minimum Gasteiger partial charge on any atom is -0.314 e. The number of nitrogens with zero attached hydrogens (tertiary/aromatic N) is 1. The molecule has 2 N–H and O–H groups in total. The molecular weight excluding hydrogens is 346 g/mol. The van der Waals surface area contributed by atoms with Gasteiger partial charge in [-0.15, -0.1) is 0 Å². The molecule has 1 fully saturated rings. The minimum atomic E-state index is -0.453. The molecule has 2 aromatic rings. The van der Waals surface area contributed by atoms with E-state index in [9.17, 15) is 4.79 Å². The molecule has 4 rings (SSSR count). The second-order valence-corrected chi connectivity index (χ2v) is 8.76. The Hall–Kier alpha value is -2.17. The molecule has 1 unspecified atom stereocenters. The van der Waals surface area contributed by atoms with Gasteiger partial charge in [0.1, 0.15) is 0 Å². The third kappa shape index (κ3) is 3.25. The number of benzene rings is 2. The van der Waals surface area contributed by atoms with Gasteiger partial charge in [0, 0.05) is 31.4 Å². The number of hydrogen-bond donors (Lipinski definition) is 2. The summed E-state index contributed by atoms with van der Waals surface area (Å²) < 4.78 is 0. The Bertz CT molecular complexity index is 875. The van der Waals surface area contributed by atoms with E-state index in [2.05, 4.69) is 60.0 Å². The van der Waals surface area contributed by atoms with Gasteiger partial charge >= 0.3 is 0 Å². The molecule has 2 atom stereocenters. The summed E-state index contributed by atoms with van der Waals surface area (Å²) >= 11 is 0. The molecule has 0 bridgehead atoms. The van der Waals surface area contributed by atoms with Crippen molar-refractivity contribution in [2.24, 2.45) is 0 Å². The van der Waals surface area contributed by atoms with Crippen LogP contribution in [0.15, 0.2) is 42.5 Å². The van der Waals surface area contributed by atoms with Crippen molar-refractivity contribution in [1.29, 1.82) is 0 Å². The molecule has 2 heterocycles. The van der Waals surface area contributed by atoms with Crippen LogP contribution in [0.2, 0.25) is 0 Å². The van der Waals surface area contributed by atoms with Gasteiger partial charge in [0.15, 0.2) is 0 Å². The van der Waals surface area contributed by atoms with Crippen LogP contribution in [0.5, 0.6) is 0 Å². The van der Waals surface area contributed by atoms with E-state index in [1.54, 1.807) is 4.90 Å². The predicted molar refractivity (Wildman–Crippen MR) is 115 cm³/mol. The topological polar surface area (TPSA) is 44.4 Å². The molecule has 4 nitrogen and oxygen atoms in total. The number of anilines is 1. The number of nitrogens with one attached hydrogen (secondary N) is 2. The predicted octanol–water partition coefficient (Wildman–Crippen LogP) is 3.83. The monoisotopic (exact) mass is 377 g/mol. The zero-order valence-corrected chi connectivity index (χ0v) is 17.4. The molecule has 1 amide bonds. The van der Waals surface area contributed by atoms with E-state index in [0.717, 1.165) is 24.3 Å². The highest BCUT2D eigenvalue weighted by Crippen LogP contribution is 2.42. The van der Waals surface area contributed by atoms with Gasteiger partial charge in [-0.05, 0) is 68.5 Å². The average Bonchev–Trinajstić information content (AvgIpc) is 2.87. The van der Waals surface area contributed by atoms with Gasteiger partial charge in [-0.1, -0.05) is 36.4 Å². The molecule has 2 aliphatic heterocycles. The number of carbonyl (C=O) groups is 1. The Balaban J connectivity index is 1.55. The van der Waals surface area contributed by atoms with Crippen molar-refractivity contribution in [3.05, 3.63) is 64.7 Å². The molecule has 2 aliphatic rings. The smallest absolute Gasteiger partial charge is 0.236 e. The number of fused-ring (bicyclic) bond motifs is 1. The van der Waals surface area contributed by atoms with E-state index in [1.165, 1.54) is 29.5 Å². The maximum absolute atomic E-state index is 12.6. The molecule has 0 spiro atoms. The highest BCUT2D eigenvalue weighted by atomic mass is 16.2. The van der Waals surface area contributed by atoms with Crippen molar-refractivity contribution in [3.63, 3.8) is 0 Å². The summed E-state index contributed by atoms with van der Waals surface area (Å²) in [6.45, 7) is 8.09. The first kappa shape index (κ1) is 19.2. The van der Waals surface area contributed by atoms with Gasteiger partial charge in [-0.3, -0.25) is 4.79 Å². The van der Waals surface area contributed by atoms with Gasteiger partial charge in [-0.2, -0.15) is 0 Å². The summed E-state index contributed by atoms with van der Waals surface area (Å²) in [4.78, 5) is 14.4. The normalized spacial score (nSPS) is 23.7. The number of likely N-dealkylation sites (N-methyl/N-ethyl adjacent to an activating group) is 1. The lowest BCUT2D eigenvalue weighted by Gasteiger charge is -2.34. The lowest BCUT2D eigenvalue weighted by Crippen LogP contribution is -2.45. The summed E-state index contributed by atoms with van der Waals surface area (Å²) in [5, 5.41) is 7.50. The molecule has 0 aliphatic carbocycles. The van der Waals surface area contributed by atoms with Crippen molar-refractivity contribution in [2.45, 2.75) is 57.7 Å². The van der Waals surface area contributed by atoms with E-state index >= 15 is 0 Å². The van der Waals surface area contributed by atoms with Crippen LogP contribution in [0, 0.1) is 6.92 Å². The number of carbonyl (C=O) groups excluding carboxylic acids is 1. The van der Waals surface area contributed by atoms with E-state index in [0.29, 0.717) is 12.1 Å². The Morgan fingerprint density at radius 1 is 1.21 bits per heavy atom. The maximum Gasteiger partial charge on any atom is 0.236 e. The highest BCUT2D eigenvalue weighted by Gasteiger charge is 2.42. The first-order valence-electron chi connectivity index (χ1n) is 10.3. The second-order valence-electron chi connectivity index (χ2n) is 8.76. The fourth-order valence-electron chi connectivity index (χ4n) is 4.71. The van der Waals surface area contributed by atoms with Crippen molar-refractivity contribution < 1.29 is 4.79 Å². The van der Waals surface area contributed by atoms with Gasteiger partial charge in [0.05, 0.1) is 5.41 Å². The molecule has 28 heavy (non-hydrogen) atoms. The quantitative estimate of drug-likeness (QED) is 0.851. The summed E-state index contributed by atoms with van der Waals surface area (Å²) in [6, 6.07) is 15.9. The van der Waals surface area contributed by atoms with Gasteiger partial charge in [0.25, 0.3) is 0 Å². The van der Waals surface area contributed by atoms with Crippen molar-refractivity contribution in [2.75, 3.05) is 18.5 Å². The summed E-state index contributed by atoms with van der Waals surface area (Å²) in [6.07, 6.45) is 2.36. The third-order valence-corrected chi connectivity index (χ3v) is 6.50. The zero-order valence-electron chi connectivity index (χ0n) is 17.4. The zero-order chi connectivity index (χ0) is 19.9. The standard InChI is InChI=1S/C24H31N3O/c1-16-13-21-19(24(2,3)23(28)27(21)4)14-18(16)15-26-20-11-8-12-25-22(20)17-9-6-5-7-10-17/h5-7,9-10,13-14,20,22,25-26H,8,11-12,15H2,1-4H3/t20?,22-/m0/s1. The van der Waals surface area contributed by atoms with Crippen LogP contribution >= 0.6 is 0 Å². The van der Waals surface area contributed by atoms with Crippen molar-refractivity contribution in [1.82, 2.24) is 10.6 Å². The number of amides is 1. The number of hydrogen-bond acceptors (Lipinski definition) is 3. The lowest BCUT2D eigenvalue weighted by molar-refractivity contribution is -0.121. The second kappa shape index (κ2) is 7.34. The minimum absolute atomic E-state index is 0.174. The van der Waals surface area contributed by atoms with Crippen LogP contribution in [0.3, 0.4) is 0 Å². The average molecular weight is 378 g/mol. The van der Waals surface area contributed by atoms with Gasteiger partial charge in [-0.25, -0.2) is 0 Å². The van der Waals surface area contributed by atoms with Crippen LogP contribution < -0.4 is 15.5 Å². The Morgan fingerprint density at radius 3 is 2.71 bits per heavy atom. The molecule has 1 saturated heterocycles. The molecule has 0 saturated carbocycles. The Kier molecular flexibility index (Phi) is 5.02. The molecule has 2 aromatic carbocycles. The van der Waals surface area contributed by atoms with Gasteiger partial charge < -0.3 is 15.5 Å². The fraction of sp³-hybridized carbons (Fsp3) is 0.458. The van der Waals surface area contributed by atoms with Crippen LogP contribution in [-0.4, -0.2) is 25.5 Å². The molecule has 0 aromatic heterocycles. The maximum atomic E-state index is 12.6. The van der Waals surface area contributed by atoms with E-state index in [-0.39, 0.29) is 5.91 Å². The van der Waals surface area contributed by atoms with Gasteiger partial charge in [0.2, 0.25) is 5.91 Å². The number of aryl methyl sites for hydroxylation is 1. The number of rotatable bonds is 4. The van der Waals surface area contributed by atoms with Crippen molar-refractivity contribution >= 4 is 11.6 Å². The lowest BCUT2D eigenvalue weighted by atomic mass is 9.84. The first-order chi connectivity index (χ1) is 13.4.